The lowest BCUT2D eigenvalue weighted by molar-refractivity contribution is 0.0516. The normalized spacial score (nSPS) is 9.46. The molecule has 0 saturated carbocycles. The molecule has 0 aromatic heterocycles. The molecule has 2 aromatic carbocycles. The highest BCUT2D eigenvalue weighted by Gasteiger charge is 2.04. The van der Waals surface area contributed by atoms with E-state index in [1.54, 1.807) is 26.0 Å². The van der Waals surface area contributed by atoms with Gasteiger partial charge in [-0.15, -0.1) is 0 Å². The number of phenols is 1. The van der Waals surface area contributed by atoms with Gasteiger partial charge in [-0.1, -0.05) is 17.7 Å². The van der Waals surface area contributed by atoms with Gasteiger partial charge in [0.15, 0.2) is 0 Å². The molecule has 0 bridgehead atoms. The van der Waals surface area contributed by atoms with Crippen LogP contribution in [0.5, 0.6) is 5.75 Å². The van der Waals surface area contributed by atoms with E-state index in [-0.39, 0.29) is 17.7 Å². The van der Waals surface area contributed by atoms with E-state index in [1.807, 2.05) is 19.1 Å². The number of carbonyl (C=O) groups is 2. The van der Waals surface area contributed by atoms with Crippen LogP contribution in [0.4, 0.5) is 4.39 Å². The number of aromatic hydroxyl groups is 1. The fourth-order valence-electron chi connectivity index (χ4n) is 1.72. The SMILES string of the molecule is CCOC(=O)c1ccc(C)cc1.CCOC(=O)c1ccc(O)cc1.[2H]CF. The van der Waals surface area contributed by atoms with Gasteiger partial charge in [-0.05, 0) is 57.2 Å². The molecule has 0 aliphatic rings. The number of hydrogen-bond donors (Lipinski definition) is 1. The molecule has 0 atom stereocenters. The number of halogens is 1. The van der Waals surface area contributed by atoms with Crippen LogP contribution in [0, 0.1) is 6.92 Å². The Hall–Kier alpha value is -2.89. The molecule has 0 saturated heterocycles. The van der Waals surface area contributed by atoms with Crippen molar-refractivity contribution in [1.82, 2.24) is 0 Å². The summed E-state index contributed by atoms with van der Waals surface area (Å²) in [6.07, 6.45) is 0. The Morgan fingerprint density at radius 1 is 0.923 bits per heavy atom. The summed E-state index contributed by atoms with van der Waals surface area (Å²) >= 11 is 0. The standard InChI is InChI=1S/C10H12O2.C9H10O3.CH3F/c1-3-12-10(11)9-6-4-8(2)5-7-9;1-2-12-9(11)7-3-5-8(10)6-4-7;1-2/h4-7H,3H2,1-2H3;3-6,10H,2H2,1H3;1H3/i;;1D. The number of benzene rings is 2. The number of carbonyl (C=O) groups excluding carboxylic acids is 2. The van der Waals surface area contributed by atoms with Gasteiger partial charge >= 0.3 is 11.9 Å². The predicted octanol–water partition coefficient (Wildman–Crippen LogP) is 4.33. The summed E-state index contributed by atoms with van der Waals surface area (Å²) in [7, 11) is -1.00. The monoisotopic (exact) mass is 365 g/mol. The van der Waals surface area contributed by atoms with Crippen molar-refractivity contribution in [2.75, 3.05) is 20.4 Å². The molecule has 0 radical (unpaired) electrons. The zero-order valence-corrected chi connectivity index (χ0v) is 15.2. The van der Waals surface area contributed by atoms with E-state index in [2.05, 4.69) is 0 Å². The third kappa shape index (κ3) is 8.82. The first-order chi connectivity index (χ1) is 12.9. The van der Waals surface area contributed by atoms with Gasteiger partial charge in [0.05, 0.1) is 32.9 Å². The van der Waals surface area contributed by atoms with Crippen LogP contribution < -0.4 is 0 Å². The zero-order chi connectivity index (χ0) is 20.7. The van der Waals surface area contributed by atoms with Crippen LogP contribution in [-0.4, -0.2) is 37.4 Å². The second kappa shape index (κ2) is 13.4. The lowest BCUT2D eigenvalue weighted by Gasteiger charge is -2.00. The highest BCUT2D eigenvalue weighted by atomic mass is 19.1. The van der Waals surface area contributed by atoms with Crippen molar-refractivity contribution >= 4 is 11.9 Å². The van der Waals surface area contributed by atoms with Gasteiger partial charge in [-0.25, -0.2) is 9.59 Å². The highest BCUT2D eigenvalue weighted by Crippen LogP contribution is 2.10. The lowest BCUT2D eigenvalue weighted by atomic mass is 10.1. The third-order valence-corrected chi connectivity index (χ3v) is 2.94. The van der Waals surface area contributed by atoms with Crippen molar-refractivity contribution < 1.29 is 29.9 Å². The smallest absolute Gasteiger partial charge is 0.338 e. The van der Waals surface area contributed by atoms with Crippen LogP contribution in [0.15, 0.2) is 48.5 Å². The molecule has 0 aliphatic carbocycles. The lowest BCUT2D eigenvalue weighted by Crippen LogP contribution is -2.03. The highest BCUT2D eigenvalue weighted by molar-refractivity contribution is 5.89. The largest absolute Gasteiger partial charge is 0.508 e. The van der Waals surface area contributed by atoms with Gasteiger partial charge in [-0.3, -0.25) is 4.39 Å². The first kappa shape index (κ1) is 21.2. The predicted molar refractivity (Wildman–Crippen MR) is 98.2 cm³/mol. The van der Waals surface area contributed by atoms with E-state index in [1.165, 1.54) is 24.3 Å². The van der Waals surface area contributed by atoms with Crippen molar-refractivity contribution in [3.63, 3.8) is 0 Å². The maximum absolute atomic E-state index is 11.1. The molecule has 5 nitrogen and oxygen atoms in total. The fraction of sp³-hybridized carbons (Fsp3) is 0.300. The summed E-state index contributed by atoms with van der Waals surface area (Å²) in [5.41, 5.74) is 2.21. The van der Waals surface area contributed by atoms with E-state index in [4.69, 9.17) is 16.0 Å². The first-order valence-electron chi connectivity index (χ1n) is 8.65. The van der Waals surface area contributed by atoms with Gasteiger partial charge in [0.2, 0.25) is 0 Å². The number of phenolic OH excluding ortho intramolecular Hbond substituents is 1. The fourth-order valence-corrected chi connectivity index (χ4v) is 1.72. The first-order valence-corrected chi connectivity index (χ1v) is 7.94. The summed E-state index contributed by atoms with van der Waals surface area (Å²) in [6, 6.07) is 13.3. The van der Waals surface area contributed by atoms with Crippen LogP contribution in [0.1, 0.15) is 41.5 Å². The summed E-state index contributed by atoms with van der Waals surface area (Å²) in [5.74, 6) is -0.474. The van der Waals surface area contributed by atoms with Crippen molar-refractivity contribution in [1.29, 1.82) is 0 Å². The molecule has 2 rings (SSSR count). The minimum Gasteiger partial charge on any atom is -0.508 e. The van der Waals surface area contributed by atoms with E-state index in [9.17, 15) is 14.0 Å². The molecule has 0 heterocycles. The molecular formula is C20H25FO5. The van der Waals surface area contributed by atoms with Gasteiger partial charge in [0, 0.05) is 0 Å². The number of hydrogen-bond acceptors (Lipinski definition) is 5. The van der Waals surface area contributed by atoms with E-state index < -0.39 is 7.15 Å². The third-order valence-electron chi connectivity index (χ3n) is 2.94. The quantitative estimate of drug-likeness (QED) is 0.817. The molecule has 142 valence electrons. The van der Waals surface area contributed by atoms with Crippen molar-refractivity contribution in [3.05, 3.63) is 65.2 Å². The topological polar surface area (TPSA) is 72.8 Å². The Morgan fingerprint density at radius 3 is 1.62 bits per heavy atom. The van der Waals surface area contributed by atoms with Crippen molar-refractivity contribution in [3.8, 4) is 5.75 Å². The van der Waals surface area contributed by atoms with E-state index in [0.717, 1.165) is 5.56 Å². The molecule has 26 heavy (non-hydrogen) atoms. The Morgan fingerprint density at radius 2 is 1.27 bits per heavy atom. The van der Waals surface area contributed by atoms with E-state index >= 15 is 0 Å². The van der Waals surface area contributed by atoms with Crippen LogP contribution in [-0.2, 0) is 9.47 Å². The second-order valence-corrected chi connectivity index (χ2v) is 4.85. The molecule has 0 spiro atoms. The van der Waals surface area contributed by atoms with Crippen LogP contribution in [0.2, 0.25) is 0 Å². The zero-order valence-electron chi connectivity index (χ0n) is 16.2. The summed E-state index contributed by atoms with van der Waals surface area (Å²) in [4.78, 5) is 22.2. The van der Waals surface area contributed by atoms with Crippen LogP contribution >= 0.6 is 0 Å². The molecular weight excluding hydrogens is 339 g/mol. The average molecular weight is 365 g/mol. The Balaban J connectivity index is 0.000000438. The maximum Gasteiger partial charge on any atom is 0.338 e. The number of alkyl halides is 1. The molecule has 1 N–H and O–H groups in total. The summed E-state index contributed by atoms with van der Waals surface area (Å²) < 4.78 is 25.1. The molecule has 2 aromatic rings. The van der Waals surface area contributed by atoms with Gasteiger partial charge < -0.3 is 14.6 Å². The van der Waals surface area contributed by atoms with Gasteiger partial charge in [-0.2, -0.15) is 0 Å². The molecule has 0 unspecified atom stereocenters. The summed E-state index contributed by atoms with van der Waals surface area (Å²) in [6.45, 7) is 6.31. The minimum absolute atomic E-state index is 0.142. The number of aryl methyl sites for hydroxylation is 1. The number of rotatable bonds is 4. The van der Waals surface area contributed by atoms with Crippen LogP contribution in [0.3, 0.4) is 0 Å². The van der Waals surface area contributed by atoms with E-state index in [0.29, 0.717) is 24.3 Å². The van der Waals surface area contributed by atoms with Gasteiger partial charge in [0.25, 0.3) is 0 Å². The van der Waals surface area contributed by atoms with Crippen molar-refractivity contribution in [2.45, 2.75) is 20.8 Å². The molecule has 0 amide bonds. The van der Waals surface area contributed by atoms with Crippen LogP contribution in [0.25, 0.3) is 0 Å². The molecule has 6 heteroatoms. The molecule has 0 fully saturated rings. The minimum atomic E-state index is -1.00. The Labute approximate surface area is 154 Å². The number of ether oxygens (including phenoxy) is 2. The maximum atomic E-state index is 11.1. The summed E-state index contributed by atoms with van der Waals surface area (Å²) in [5, 5.41) is 8.92. The molecule has 0 aliphatic heterocycles. The van der Waals surface area contributed by atoms with Crippen molar-refractivity contribution in [2.24, 2.45) is 0 Å². The average Bonchev–Trinajstić information content (AvgIpc) is 2.64. The Bertz CT molecular complexity index is 612. The number of esters is 2. The van der Waals surface area contributed by atoms with Gasteiger partial charge in [0.1, 0.15) is 5.75 Å². The second-order valence-electron chi connectivity index (χ2n) is 4.85. The Kier molecular flexibility index (Phi) is 10.9.